The van der Waals surface area contributed by atoms with E-state index in [4.69, 9.17) is 9.97 Å². The topological polar surface area (TPSA) is 38.7 Å². The van der Waals surface area contributed by atoms with Crippen molar-refractivity contribution < 1.29 is 0 Å². The summed E-state index contributed by atoms with van der Waals surface area (Å²) < 4.78 is 0. The summed E-state index contributed by atoms with van der Waals surface area (Å²) in [6.45, 7) is 4.72. The standard InChI is InChI=1S/C52H37N3/c1-52(2)45-22-10-21-44(50(45)49-43-20-7-6-12-35(43)27-28-46(49)52)40-17-8-15-38(30-40)39-16-9-18-41(31-39)48-32-47(54-51(55-48)37-13-4-3-5-14-37)36-25-23-34(24-26-36)42-19-11-29-53-33-42/h3-33H,1-2H3. The maximum absolute atomic E-state index is 5.14. The molecule has 9 aromatic rings. The molecule has 1 aliphatic carbocycles. The first-order chi connectivity index (χ1) is 27.0. The first-order valence-electron chi connectivity index (χ1n) is 18.8. The Morgan fingerprint density at radius 1 is 0.400 bits per heavy atom. The molecule has 0 atom stereocenters. The summed E-state index contributed by atoms with van der Waals surface area (Å²) in [5, 5.41) is 2.59. The number of hydrogen-bond acceptors (Lipinski definition) is 3. The van der Waals surface area contributed by atoms with Gasteiger partial charge in [-0.15, -0.1) is 0 Å². The van der Waals surface area contributed by atoms with Gasteiger partial charge in [0, 0.05) is 34.5 Å². The zero-order chi connectivity index (χ0) is 36.9. The second kappa shape index (κ2) is 13.2. The summed E-state index contributed by atoms with van der Waals surface area (Å²) in [7, 11) is 0. The fourth-order valence-electron chi connectivity index (χ4n) is 8.34. The second-order valence-corrected chi connectivity index (χ2v) is 14.9. The van der Waals surface area contributed by atoms with Crippen molar-refractivity contribution >= 4 is 10.8 Å². The molecule has 0 radical (unpaired) electrons. The predicted octanol–water partition coefficient (Wildman–Crippen LogP) is 13.3. The average Bonchev–Trinajstić information content (AvgIpc) is 3.50. The molecule has 0 aliphatic heterocycles. The van der Waals surface area contributed by atoms with E-state index in [1.807, 2.05) is 30.5 Å². The molecule has 0 bridgehead atoms. The van der Waals surface area contributed by atoms with Crippen LogP contribution in [-0.4, -0.2) is 15.0 Å². The van der Waals surface area contributed by atoms with Gasteiger partial charge in [-0.2, -0.15) is 0 Å². The minimum atomic E-state index is -0.0902. The van der Waals surface area contributed by atoms with Gasteiger partial charge >= 0.3 is 0 Å². The van der Waals surface area contributed by atoms with Crippen LogP contribution in [0.1, 0.15) is 25.0 Å². The van der Waals surface area contributed by atoms with E-state index in [0.29, 0.717) is 5.82 Å². The molecular formula is C52H37N3. The summed E-state index contributed by atoms with van der Waals surface area (Å²) in [4.78, 5) is 14.5. The van der Waals surface area contributed by atoms with Gasteiger partial charge in [0.05, 0.1) is 11.4 Å². The SMILES string of the molecule is CC1(C)c2cccc(-c3cccc(-c4cccc(-c5cc(-c6ccc(-c7cccnc7)cc6)nc(-c6ccccc6)n5)c4)c3)c2-c2c1ccc1ccccc21. The van der Waals surface area contributed by atoms with Crippen molar-refractivity contribution in [2.75, 3.05) is 0 Å². The van der Waals surface area contributed by atoms with Crippen molar-refractivity contribution in [2.45, 2.75) is 19.3 Å². The van der Waals surface area contributed by atoms with Crippen LogP contribution < -0.4 is 0 Å². The molecule has 55 heavy (non-hydrogen) atoms. The number of fused-ring (bicyclic) bond motifs is 5. The largest absolute Gasteiger partial charge is 0.264 e. The minimum Gasteiger partial charge on any atom is -0.264 e. The van der Waals surface area contributed by atoms with Crippen molar-refractivity contribution in [3.05, 3.63) is 199 Å². The van der Waals surface area contributed by atoms with Crippen LogP contribution in [0.4, 0.5) is 0 Å². The van der Waals surface area contributed by atoms with E-state index < -0.39 is 0 Å². The minimum absolute atomic E-state index is 0.0902. The summed E-state index contributed by atoms with van der Waals surface area (Å²) in [5.41, 5.74) is 17.2. The molecule has 2 heterocycles. The summed E-state index contributed by atoms with van der Waals surface area (Å²) in [6.07, 6.45) is 3.69. The fraction of sp³-hybridized carbons (Fsp3) is 0.0577. The number of hydrogen-bond donors (Lipinski definition) is 0. The van der Waals surface area contributed by atoms with Crippen molar-refractivity contribution in [3.8, 4) is 78.4 Å². The smallest absolute Gasteiger partial charge is 0.160 e. The molecule has 3 nitrogen and oxygen atoms in total. The molecule has 1 aliphatic rings. The molecule has 10 rings (SSSR count). The van der Waals surface area contributed by atoms with Crippen LogP contribution >= 0.6 is 0 Å². The number of rotatable bonds is 6. The fourth-order valence-corrected chi connectivity index (χ4v) is 8.34. The Morgan fingerprint density at radius 2 is 1.02 bits per heavy atom. The van der Waals surface area contributed by atoms with Crippen molar-refractivity contribution in [2.24, 2.45) is 0 Å². The molecule has 0 saturated carbocycles. The van der Waals surface area contributed by atoms with Gasteiger partial charge in [0.15, 0.2) is 5.82 Å². The normalized spacial score (nSPS) is 12.7. The van der Waals surface area contributed by atoms with E-state index in [0.717, 1.165) is 50.3 Å². The Balaban J connectivity index is 1.06. The second-order valence-electron chi connectivity index (χ2n) is 14.9. The van der Waals surface area contributed by atoms with E-state index >= 15 is 0 Å². The number of nitrogens with zero attached hydrogens (tertiary/aromatic N) is 3. The van der Waals surface area contributed by atoms with E-state index in [2.05, 4.69) is 170 Å². The zero-order valence-electron chi connectivity index (χ0n) is 30.7. The van der Waals surface area contributed by atoms with E-state index in [1.54, 1.807) is 6.20 Å². The molecule has 0 fully saturated rings. The Kier molecular flexibility index (Phi) is 7.81. The molecular weight excluding hydrogens is 667 g/mol. The highest BCUT2D eigenvalue weighted by Gasteiger charge is 2.37. The number of pyridine rings is 1. The lowest BCUT2D eigenvalue weighted by Gasteiger charge is -2.21. The molecule has 0 saturated heterocycles. The summed E-state index contributed by atoms with van der Waals surface area (Å²) >= 11 is 0. The monoisotopic (exact) mass is 703 g/mol. The van der Waals surface area contributed by atoms with Gasteiger partial charge < -0.3 is 0 Å². The van der Waals surface area contributed by atoms with Crippen LogP contribution in [0, 0.1) is 0 Å². The van der Waals surface area contributed by atoms with Crippen LogP contribution in [0.25, 0.3) is 89.2 Å². The van der Waals surface area contributed by atoms with Gasteiger partial charge in [-0.3, -0.25) is 4.98 Å². The average molecular weight is 704 g/mol. The van der Waals surface area contributed by atoms with Crippen LogP contribution in [-0.2, 0) is 5.41 Å². The van der Waals surface area contributed by atoms with Gasteiger partial charge in [0.25, 0.3) is 0 Å². The van der Waals surface area contributed by atoms with E-state index in [9.17, 15) is 0 Å². The van der Waals surface area contributed by atoms with Crippen molar-refractivity contribution in [1.82, 2.24) is 15.0 Å². The van der Waals surface area contributed by atoms with Crippen LogP contribution in [0.5, 0.6) is 0 Å². The number of benzene rings is 7. The Morgan fingerprint density at radius 3 is 1.80 bits per heavy atom. The van der Waals surface area contributed by atoms with Crippen LogP contribution in [0.3, 0.4) is 0 Å². The molecule has 260 valence electrons. The third-order valence-corrected chi connectivity index (χ3v) is 11.2. The third-order valence-electron chi connectivity index (χ3n) is 11.2. The van der Waals surface area contributed by atoms with Gasteiger partial charge in [-0.25, -0.2) is 9.97 Å². The summed E-state index contributed by atoms with van der Waals surface area (Å²) in [5.74, 6) is 0.700. The predicted molar refractivity (Wildman–Crippen MR) is 228 cm³/mol. The maximum atomic E-state index is 5.14. The highest BCUT2D eigenvalue weighted by molar-refractivity contribution is 6.06. The van der Waals surface area contributed by atoms with Crippen molar-refractivity contribution in [1.29, 1.82) is 0 Å². The molecule has 2 aromatic heterocycles. The van der Waals surface area contributed by atoms with E-state index in [1.165, 1.54) is 44.2 Å². The van der Waals surface area contributed by atoms with Crippen LogP contribution in [0.2, 0.25) is 0 Å². The van der Waals surface area contributed by atoms with Gasteiger partial charge in [-0.1, -0.05) is 166 Å². The quantitative estimate of drug-likeness (QED) is 0.173. The lowest BCUT2D eigenvalue weighted by atomic mass is 9.81. The molecule has 0 amide bonds. The highest BCUT2D eigenvalue weighted by atomic mass is 14.9. The maximum Gasteiger partial charge on any atom is 0.160 e. The summed E-state index contributed by atoms with van der Waals surface area (Å²) in [6, 6.07) is 62.9. The van der Waals surface area contributed by atoms with Gasteiger partial charge in [0.1, 0.15) is 0 Å². The first-order valence-corrected chi connectivity index (χ1v) is 18.8. The molecule has 0 spiro atoms. The Labute approximate surface area is 321 Å². The third kappa shape index (κ3) is 5.73. The van der Waals surface area contributed by atoms with Gasteiger partial charge in [-0.05, 0) is 90.7 Å². The first kappa shape index (κ1) is 32.7. The van der Waals surface area contributed by atoms with Crippen molar-refractivity contribution in [3.63, 3.8) is 0 Å². The van der Waals surface area contributed by atoms with Gasteiger partial charge in [0.2, 0.25) is 0 Å². The lowest BCUT2D eigenvalue weighted by Crippen LogP contribution is -2.14. The Hall–Kier alpha value is -6.97. The molecule has 0 unspecified atom stereocenters. The molecule has 7 aromatic carbocycles. The number of aromatic nitrogens is 3. The highest BCUT2D eigenvalue weighted by Crippen LogP contribution is 2.54. The van der Waals surface area contributed by atoms with Crippen LogP contribution in [0.15, 0.2) is 188 Å². The van der Waals surface area contributed by atoms with E-state index in [-0.39, 0.29) is 5.41 Å². The molecule has 3 heteroatoms. The zero-order valence-corrected chi connectivity index (χ0v) is 30.7. The molecule has 0 N–H and O–H groups in total. The Bertz CT molecular complexity index is 2870. The lowest BCUT2D eigenvalue weighted by molar-refractivity contribution is 0.661.